The van der Waals surface area contributed by atoms with Crippen LogP contribution < -0.4 is 15.4 Å². The summed E-state index contributed by atoms with van der Waals surface area (Å²) in [5.41, 5.74) is 8.25. The van der Waals surface area contributed by atoms with Crippen LogP contribution in [0.1, 0.15) is 57.7 Å². The van der Waals surface area contributed by atoms with Crippen molar-refractivity contribution >= 4 is 28.8 Å². The van der Waals surface area contributed by atoms with Crippen LogP contribution >= 0.6 is 11.6 Å². The molecule has 1 saturated heterocycles. The second-order valence-corrected chi connectivity index (χ2v) is 12.2. The molecule has 2 heterocycles. The lowest BCUT2D eigenvalue weighted by Crippen LogP contribution is -2.67. The van der Waals surface area contributed by atoms with Crippen molar-refractivity contribution in [3.8, 4) is 17.1 Å². The largest absolute Gasteiger partial charge is 0.491 e. The van der Waals surface area contributed by atoms with E-state index in [4.69, 9.17) is 32.0 Å². The fourth-order valence-electron chi connectivity index (χ4n) is 6.02. The number of halogens is 4. The summed E-state index contributed by atoms with van der Waals surface area (Å²) in [6.07, 6.45) is -2.03. The molecule has 1 aliphatic heterocycles. The van der Waals surface area contributed by atoms with Crippen molar-refractivity contribution in [1.29, 1.82) is 0 Å². The van der Waals surface area contributed by atoms with Gasteiger partial charge < -0.3 is 20.5 Å². The molecule has 42 heavy (non-hydrogen) atoms. The number of aliphatic hydroxyl groups is 1. The molecule has 0 bridgehead atoms. The number of ketones is 1. The van der Waals surface area contributed by atoms with Gasteiger partial charge >= 0.3 is 6.18 Å². The number of ether oxygens (including phenoxy) is 1. The van der Waals surface area contributed by atoms with Crippen molar-refractivity contribution in [2.45, 2.75) is 71.7 Å². The number of hydrogen-bond acceptors (Lipinski definition) is 8. The van der Waals surface area contributed by atoms with Crippen LogP contribution in [0.4, 0.5) is 19.0 Å². The van der Waals surface area contributed by atoms with Gasteiger partial charge in [0.15, 0.2) is 11.6 Å². The van der Waals surface area contributed by atoms with Gasteiger partial charge in [0.2, 0.25) is 0 Å². The number of nitrogens with zero attached hydrogens (tertiary/aromatic N) is 4. The van der Waals surface area contributed by atoms with Gasteiger partial charge in [0, 0.05) is 41.4 Å². The third-order valence-corrected chi connectivity index (χ3v) is 8.42. The van der Waals surface area contributed by atoms with E-state index in [-0.39, 0.29) is 35.2 Å². The molecule has 0 radical (unpaired) electrons. The van der Waals surface area contributed by atoms with Crippen molar-refractivity contribution in [2.75, 3.05) is 38.2 Å². The van der Waals surface area contributed by atoms with Gasteiger partial charge in [-0.2, -0.15) is 13.2 Å². The van der Waals surface area contributed by atoms with Crippen LogP contribution in [-0.4, -0.2) is 77.4 Å². The monoisotopic (exact) mass is 609 g/mol. The van der Waals surface area contributed by atoms with Gasteiger partial charge in [-0.15, -0.1) is 0 Å². The van der Waals surface area contributed by atoms with Crippen LogP contribution in [0, 0.1) is 12.3 Å². The van der Waals surface area contributed by atoms with E-state index in [1.165, 1.54) is 18.9 Å². The molecule has 1 aromatic carbocycles. The minimum Gasteiger partial charge on any atom is -0.491 e. The summed E-state index contributed by atoms with van der Waals surface area (Å²) < 4.78 is 44.4. The Bertz CT molecular complexity index is 1350. The smallest absolute Gasteiger partial charge is 0.401 e. The number of nitrogens with two attached hydrogens (primary N) is 1. The summed E-state index contributed by atoms with van der Waals surface area (Å²) in [6, 6.07) is 4.96. The van der Waals surface area contributed by atoms with Gasteiger partial charge in [0.05, 0.1) is 28.9 Å². The van der Waals surface area contributed by atoms with Crippen LogP contribution in [0.5, 0.6) is 5.75 Å². The Morgan fingerprint density at radius 3 is 2.52 bits per heavy atom. The summed E-state index contributed by atoms with van der Waals surface area (Å²) in [4.78, 5) is 25.7. The van der Waals surface area contributed by atoms with Crippen molar-refractivity contribution < 1.29 is 27.8 Å². The Labute approximate surface area is 249 Å². The van der Waals surface area contributed by atoms with Crippen LogP contribution in [0.15, 0.2) is 23.9 Å². The number of carbonyl (C=O) groups is 1. The van der Waals surface area contributed by atoms with E-state index in [1.54, 1.807) is 25.1 Å². The van der Waals surface area contributed by atoms with Gasteiger partial charge in [-0.3, -0.25) is 9.69 Å². The topological polar surface area (TPSA) is 105 Å². The van der Waals surface area contributed by atoms with Crippen molar-refractivity contribution in [3.05, 3.63) is 40.2 Å². The van der Waals surface area contributed by atoms with E-state index in [9.17, 15) is 23.1 Å². The molecular weight excluding hydrogens is 571 g/mol. The van der Waals surface area contributed by atoms with Crippen LogP contribution in [0.3, 0.4) is 0 Å². The molecule has 1 spiro atoms. The minimum absolute atomic E-state index is 0.0734. The highest BCUT2D eigenvalue weighted by Crippen LogP contribution is 2.52. The molecular formula is C30H39ClF3N5O3. The van der Waals surface area contributed by atoms with Gasteiger partial charge in [-0.1, -0.05) is 24.9 Å². The lowest BCUT2D eigenvalue weighted by molar-refractivity contribution is -0.158. The normalized spacial score (nSPS) is 18.0. The molecule has 2 aliphatic rings. The first-order valence-electron chi connectivity index (χ1n) is 14.1. The number of Topliss-reactive ketones (excluding diaryl/α,β-unsaturated/α-hetero) is 1. The molecule has 1 aromatic heterocycles. The summed E-state index contributed by atoms with van der Waals surface area (Å²) in [5.74, 6) is 1.15. The molecule has 2 fully saturated rings. The fourth-order valence-corrected chi connectivity index (χ4v) is 6.22. The quantitative estimate of drug-likeness (QED) is 0.327. The Morgan fingerprint density at radius 1 is 1.29 bits per heavy atom. The lowest BCUT2D eigenvalue weighted by Gasteiger charge is -2.61. The average Bonchev–Trinajstić information content (AvgIpc) is 2.82. The molecule has 1 aliphatic carbocycles. The number of aliphatic hydroxyl groups excluding tert-OH is 1. The Kier molecular flexibility index (Phi) is 9.44. The first kappa shape index (κ1) is 32.0. The van der Waals surface area contributed by atoms with E-state index < -0.39 is 18.8 Å². The van der Waals surface area contributed by atoms with Crippen molar-refractivity contribution in [2.24, 2.45) is 11.1 Å². The molecule has 0 unspecified atom stereocenters. The first-order valence-corrected chi connectivity index (χ1v) is 14.5. The third kappa shape index (κ3) is 7.01. The predicted molar refractivity (Wildman–Crippen MR) is 157 cm³/mol. The van der Waals surface area contributed by atoms with Gasteiger partial charge in [-0.25, -0.2) is 9.97 Å². The summed E-state index contributed by atoms with van der Waals surface area (Å²) in [5, 5.41) is 10.5. The predicted octanol–water partition coefficient (Wildman–Crippen LogP) is 5.39. The SMILES string of the molecule is CCC[C@@H](O)COc1ccc(Cl)c(-c2nc(C(C(C)=O)=C(C)N)c(C)c(N3CC4(CC(N(C)CC(F)(F)F)C4)C3)n2)c1. The molecule has 12 heteroatoms. The Hall–Kier alpha value is -2.89. The van der Waals surface area contributed by atoms with E-state index in [0.717, 1.165) is 6.42 Å². The molecule has 4 rings (SSSR count). The summed E-state index contributed by atoms with van der Waals surface area (Å²) >= 11 is 6.60. The van der Waals surface area contributed by atoms with Crippen molar-refractivity contribution in [3.63, 3.8) is 0 Å². The lowest BCUT2D eigenvalue weighted by atomic mass is 9.60. The molecule has 0 amide bonds. The van der Waals surface area contributed by atoms with Gasteiger partial charge in [0.25, 0.3) is 0 Å². The minimum atomic E-state index is -4.23. The van der Waals surface area contributed by atoms with Crippen LogP contribution in [0.2, 0.25) is 5.02 Å². The second kappa shape index (κ2) is 12.4. The van der Waals surface area contributed by atoms with Gasteiger partial charge in [-0.05, 0) is 65.3 Å². The summed E-state index contributed by atoms with van der Waals surface area (Å²) in [7, 11) is 1.52. The zero-order valence-electron chi connectivity index (χ0n) is 24.7. The molecule has 230 valence electrons. The van der Waals surface area contributed by atoms with E-state index >= 15 is 0 Å². The fraction of sp³-hybridized carbons (Fsp3) is 0.567. The van der Waals surface area contributed by atoms with E-state index in [1.807, 2.05) is 13.8 Å². The number of aromatic nitrogens is 2. The third-order valence-electron chi connectivity index (χ3n) is 8.09. The highest BCUT2D eigenvalue weighted by atomic mass is 35.5. The Balaban J connectivity index is 1.65. The number of anilines is 1. The zero-order valence-corrected chi connectivity index (χ0v) is 25.4. The molecule has 3 N–H and O–H groups in total. The number of hydrogen-bond donors (Lipinski definition) is 2. The Morgan fingerprint density at radius 2 is 1.95 bits per heavy atom. The number of alkyl halides is 3. The first-order chi connectivity index (χ1) is 19.6. The van der Waals surface area contributed by atoms with E-state index in [0.29, 0.717) is 71.5 Å². The van der Waals surface area contributed by atoms with Crippen LogP contribution in [-0.2, 0) is 4.79 Å². The molecule has 8 nitrogen and oxygen atoms in total. The highest BCUT2D eigenvalue weighted by Gasteiger charge is 2.54. The molecule has 1 saturated carbocycles. The maximum Gasteiger partial charge on any atom is 0.401 e. The second-order valence-electron chi connectivity index (χ2n) is 11.8. The maximum atomic E-state index is 12.9. The van der Waals surface area contributed by atoms with Gasteiger partial charge in [0.1, 0.15) is 18.2 Å². The molecule has 2 aromatic rings. The maximum absolute atomic E-state index is 12.9. The van der Waals surface area contributed by atoms with E-state index in [2.05, 4.69) is 4.90 Å². The number of benzene rings is 1. The standard InChI is InChI=1S/C30H39ClF3N5O3/c1-6-7-21(41)13-42-22-8-9-24(31)23(10-22)27-36-26(25(18(3)35)19(4)40)17(2)28(37-27)39-14-29(15-39)11-20(12-29)38(5)16-30(32,33)34/h8-10,20-21,41H,6-7,11-16,35H2,1-5H3/t21-/m1/s1. The average molecular weight is 610 g/mol. The molecule has 1 atom stereocenters. The van der Waals surface area contributed by atoms with Crippen LogP contribution in [0.25, 0.3) is 17.0 Å². The number of allylic oxidation sites excluding steroid dienone is 2. The number of carbonyl (C=O) groups excluding carboxylic acids is 1. The highest BCUT2D eigenvalue weighted by molar-refractivity contribution is 6.33. The summed E-state index contributed by atoms with van der Waals surface area (Å²) in [6.45, 7) is 7.36. The zero-order chi connectivity index (χ0) is 31.0. The van der Waals surface area contributed by atoms with Crippen molar-refractivity contribution in [1.82, 2.24) is 14.9 Å². The number of rotatable bonds is 11.